The number of nitrogens with one attached hydrogen (secondary N) is 1. The van der Waals surface area contributed by atoms with Gasteiger partial charge in [-0.15, -0.1) is 0 Å². The van der Waals surface area contributed by atoms with Gasteiger partial charge in [0.2, 0.25) is 0 Å². The minimum absolute atomic E-state index is 0.913. The first kappa shape index (κ1) is 51.6. The fraction of sp³-hybridized carbons (Fsp3) is 1.00. The molecule has 10 heteroatoms. The second kappa shape index (κ2) is 33.6. The Balaban J connectivity index is 0.000000316. The zero-order valence-corrected chi connectivity index (χ0v) is 38.4. The van der Waals surface area contributed by atoms with Gasteiger partial charge in [-0.2, -0.15) is 0 Å². The average Bonchev–Trinajstić information content (AvgIpc) is 3.17. The molecule has 7 aliphatic rings. The van der Waals surface area contributed by atoms with Gasteiger partial charge in [0.1, 0.15) is 0 Å². The van der Waals surface area contributed by atoms with E-state index in [9.17, 15) is 0 Å². The first-order valence-electron chi connectivity index (χ1n) is 22.7. The van der Waals surface area contributed by atoms with E-state index in [0.717, 1.165) is 44.1 Å². The summed E-state index contributed by atoms with van der Waals surface area (Å²) >= 11 is 0. The Hall–Kier alpha value is -0.400. The second-order valence-electron chi connectivity index (χ2n) is 18.1. The lowest BCUT2D eigenvalue weighted by Crippen LogP contribution is -2.44. The van der Waals surface area contributed by atoms with Crippen molar-refractivity contribution in [1.82, 2.24) is 44.5 Å². The number of ether oxygens (including phenoxy) is 1. The molecular weight excluding hydrogens is 671 g/mol. The standard InChI is InChI=1S/C7H16N2.2C7H15N.C6H14N2.2C6H13N.C5H11NO/c1-3-9-6-4-8(2)5-7-9;1-7-3-5-8(2)6-4-7;1-7-4-3-5-8(2)6-7;1-7-3-5-8(2)6-4-7;1-6-3-2-4-7-5-6;1-7-5-3-2-4-6-7;1-6-2-4-7-5-3-6/h3-7H2,1-2H3;2*7H,3-6H2,1-2H3;3-6H2,1-2H3;6-7H,2-5H2,1H3;2-6H2,1H3;2-5H2,1H3/t;;;;6-;;/m....1../s1. The van der Waals surface area contributed by atoms with Crippen LogP contribution in [0.4, 0.5) is 0 Å². The quantitative estimate of drug-likeness (QED) is 0.401. The maximum absolute atomic E-state index is 5.10. The normalized spacial score (nSPS) is 27.6. The molecule has 0 bridgehead atoms. The fourth-order valence-corrected chi connectivity index (χ4v) is 7.37. The Morgan fingerprint density at radius 3 is 1.19 bits per heavy atom. The molecule has 324 valence electrons. The largest absolute Gasteiger partial charge is 0.379 e. The Labute approximate surface area is 338 Å². The highest BCUT2D eigenvalue weighted by Crippen LogP contribution is 2.14. The zero-order valence-electron chi connectivity index (χ0n) is 38.4. The number of rotatable bonds is 1. The van der Waals surface area contributed by atoms with Crippen molar-refractivity contribution in [3.05, 3.63) is 0 Å². The lowest BCUT2D eigenvalue weighted by Gasteiger charge is -2.31. The highest BCUT2D eigenvalue weighted by atomic mass is 16.5. The van der Waals surface area contributed by atoms with Gasteiger partial charge in [-0.25, -0.2) is 0 Å². The molecule has 7 saturated heterocycles. The molecule has 0 amide bonds. The topological polar surface area (TPSA) is 47.2 Å². The Kier molecular flexibility index (Phi) is 32.1. The molecule has 0 spiro atoms. The van der Waals surface area contributed by atoms with Crippen molar-refractivity contribution in [1.29, 1.82) is 0 Å². The average molecular weight is 768 g/mol. The van der Waals surface area contributed by atoms with Crippen LogP contribution in [0, 0.1) is 17.8 Å². The van der Waals surface area contributed by atoms with Crippen LogP contribution in [0.1, 0.15) is 85.5 Å². The molecule has 7 fully saturated rings. The van der Waals surface area contributed by atoms with Crippen molar-refractivity contribution in [2.45, 2.75) is 85.5 Å². The molecule has 54 heavy (non-hydrogen) atoms. The van der Waals surface area contributed by atoms with Gasteiger partial charge in [0.05, 0.1) is 13.2 Å². The van der Waals surface area contributed by atoms with Crippen molar-refractivity contribution in [2.24, 2.45) is 17.8 Å². The third-order valence-corrected chi connectivity index (χ3v) is 12.0. The summed E-state index contributed by atoms with van der Waals surface area (Å²) in [4.78, 5) is 19.1. The first-order valence-corrected chi connectivity index (χ1v) is 22.7. The smallest absolute Gasteiger partial charge is 0.0594 e. The summed E-state index contributed by atoms with van der Waals surface area (Å²) in [6, 6.07) is 0. The van der Waals surface area contributed by atoms with E-state index in [1.54, 1.807) is 0 Å². The Morgan fingerprint density at radius 2 is 0.870 bits per heavy atom. The number of nitrogens with zero attached hydrogens (tertiary/aromatic N) is 8. The Bertz CT molecular complexity index is 697. The van der Waals surface area contributed by atoms with E-state index >= 15 is 0 Å². The summed E-state index contributed by atoms with van der Waals surface area (Å²) in [5, 5.41) is 3.33. The number of hydrogen-bond donors (Lipinski definition) is 1. The van der Waals surface area contributed by atoms with Crippen LogP contribution in [0.25, 0.3) is 0 Å². The molecule has 0 radical (unpaired) electrons. The molecule has 7 aliphatic heterocycles. The third-order valence-electron chi connectivity index (χ3n) is 12.0. The predicted octanol–water partition coefficient (Wildman–Crippen LogP) is 4.87. The van der Waals surface area contributed by atoms with Gasteiger partial charge in [0.25, 0.3) is 0 Å². The fourth-order valence-electron chi connectivity index (χ4n) is 7.37. The zero-order chi connectivity index (χ0) is 40.0. The predicted molar refractivity (Wildman–Crippen MR) is 237 cm³/mol. The van der Waals surface area contributed by atoms with Gasteiger partial charge < -0.3 is 49.3 Å². The van der Waals surface area contributed by atoms with Crippen LogP contribution < -0.4 is 5.32 Å². The monoisotopic (exact) mass is 768 g/mol. The van der Waals surface area contributed by atoms with Crippen LogP contribution in [-0.4, -0.2) is 226 Å². The summed E-state index contributed by atoms with van der Waals surface area (Å²) in [5.74, 6) is 2.84. The van der Waals surface area contributed by atoms with Crippen LogP contribution in [0.3, 0.4) is 0 Å². The van der Waals surface area contributed by atoms with Crippen molar-refractivity contribution in [3.8, 4) is 0 Å². The maximum atomic E-state index is 5.10. The minimum atomic E-state index is 0.913. The summed E-state index contributed by atoms with van der Waals surface area (Å²) in [6.45, 7) is 34.7. The van der Waals surface area contributed by atoms with Gasteiger partial charge in [-0.3, -0.25) is 0 Å². The van der Waals surface area contributed by atoms with E-state index < -0.39 is 0 Å². The van der Waals surface area contributed by atoms with Crippen LogP contribution >= 0.6 is 0 Å². The van der Waals surface area contributed by atoms with Crippen LogP contribution in [0.2, 0.25) is 0 Å². The van der Waals surface area contributed by atoms with Crippen molar-refractivity contribution in [2.75, 3.05) is 187 Å². The number of piperazine rings is 2. The van der Waals surface area contributed by atoms with Crippen LogP contribution in [0.15, 0.2) is 0 Å². The maximum Gasteiger partial charge on any atom is 0.0594 e. The molecule has 0 aromatic heterocycles. The number of morpholine rings is 1. The molecular formula is C44H97N9O. The number of likely N-dealkylation sites (tertiary alicyclic amines) is 3. The van der Waals surface area contributed by atoms with E-state index in [-0.39, 0.29) is 0 Å². The highest BCUT2D eigenvalue weighted by Gasteiger charge is 2.13. The molecule has 0 saturated carbocycles. The molecule has 1 N–H and O–H groups in total. The van der Waals surface area contributed by atoms with Gasteiger partial charge >= 0.3 is 0 Å². The van der Waals surface area contributed by atoms with Gasteiger partial charge in [0.15, 0.2) is 0 Å². The minimum Gasteiger partial charge on any atom is -0.379 e. The van der Waals surface area contributed by atoms with Crippen molar-refractivity contribution in [3.63, 3.8) is 0 Å². The van der Waals surface area contributed by atoms with E-state index in [4.69, 9.17) is 4.74 Å². The van der Waals surface area contributed by atoms with Gasteiger partial charge in [-0.05, 0) is 171 Å². The van der Waals surface area contributed by atoms with Crippen LogP contribution in [-0.2, 0) is 4.74 Å². The summed E-state index contributed by atoms with van der Waals surface area (Å²) in [7, 11) is 15.2. The number of piperidine rings is 4. The Morgan fingerprint density at radius 1 is 0.426 bits per heavy atom. The molecule has 10 nitrogen and oxygen atoms in total. The molecule has 7 rings (SSSR count). The molecule has 0 aromatic carbocycles. The van der Waals surface area contributed by atoms with Crippen molar-refractivity contribution < 1.29 is 4.74 Å². The summed E-state index contributed by atoms with van der Waals surface area (Å²) in [5.41, 5.74) is 0. The van der Waals surface area contributed by atoms with Crippen LogP contribution in [0.5, 0.6) is 0 Å². The first-order chi connectivity index (χ1) is 25.9. The highest BCUT2D eigenvalue weighted by molar-refractivity contribution is 4.68. The van der Waals surface area contributed by atoms with E-state index in [0.29, 0.717) is 0 Å². The SMILES string of the molecule is CC1CCCN(C)C1.CC1CCN(C)CC1.CCN1CCN(C)CC1.CN1CCCCC1.CN1CCN(C)CC1.CN1CCOCC1.C[C@@H]1CCCNC1. The summed E-state index contributed by atoms with van der Waals surface area (Å²) in [6.07, 6.45) is 12.7. The molecule has 0 aromatic rings. The van der Waals surface area contributed by atoms with E-state index in [1.807, 2.05) is 0 Å². The summed E-state index contributed by atoms with van der Waals surface area (Å²) < 4.78 is 5.10. The number of hydrogen-bond acceptors (Lipinski definition) is 10. The van der Waals surface area contributed by atoms with Gasteiger partial charge in [0, 0.05) is 72.0 Å². The molecule has 2 atom stereocenters. The van der Waals surface area contributed by atoms with Gasteiger partial charge in [-0.1, -0.05) is 34.1 Å². The molecule has 1 unspecified atom stereocenters. The third kappa shape index (κ3) is 30.7. The molecule has 0 aliphatic carbocycles. The number of likely N-dealkylation sites (N-methyl/N-ethyl adjacent to an activating group) is 5. The van der Waals surface area contributed by atoms with E-state index in [1.165, 1.54) is 169 Å². The second-order valence-corrected chi connectivity index (χ2v) is 18.1. The lowest BCUT2D eigenvalue weighted by molar-refractivity contribution is 0.0503. The lowest BCUT2D eigenvalue weighted by atomic mass is 10.00. The molecule has 7 heterocycles. The van der Waals surface area contributed by atoms with Crippen molar-refractivity contribution >= 4 is 0 Å². The van der Waals surface area contributed by atoms with E-state index in [2.05, 4.69) is 122 Å².